The minimum atomic E-state index is -0.256. The Bertz CT molecular complexity index is 471. The normalized spacial score (nSPS) is 12.3. The molecule has 0 aliphatic carbocycles. The van der Waals surface area contributed by atoms with E-state index in [2.05, 4.69) is 0 Å². The molecule has 0 N–H and O–H groups in total. The molecule has 15 heavy (non-hydrogen) atoms. The van der Waals surface area contributed by atoms with Crippen LogP contribution < -0.4 is 0 Å². The molecular formula is C13H11O2. The fraction of sp³-hybridized carbons (Fsp3) is 0.154. The van der Waals surface area contributed by atoms with E-state index in [0.717, 1.165) is 16.3 Å². The van der Waals surface area contributed by atoms with Crippen LogP contribution in [0.4, 0.5) is 0 Å². The minimum absolute atomic E-state index is 0.256. The van der Waals surface area contributed by atoms with E-state index < -0.39 is 0 Å². The Kier molecular flexibility index (Phi) is 2.68. The van der Waals surface area contributed by atoms with Crippen molar-refractivity contribution < 1.29 is 9.53 Å². The molecule has 0 aliphatic rings. The number of ether oxygens (including phenoxy) is 1. The van der Waals surface area contributed by atoms with Gasteiger partial charge >= 0.3 is 6.47 Å². The molecular weight excluding hydrogens is 188 g/mol. The smallest absolute Gasteiger partial charge is 0.418 e. The van der Waals surface area contributed by atoms with E-state index in [1.165, 1.54) is 6.47 Å². The molecule has 2 aromatic carbocycles. The number of hydrogen-bond acceptors (Lipinski definition) is 2. The van der Waals surface area contributed by atoms with E-state index in [1.54, 1.807) is 0 Å². The summed E-state index contributed by atoms with van der Waals surface area (Å²) in [5.74, 6) is 0. The van der Waals surface area contributed by atoms with Crippen LogP contribution in [0.25, 0.3) is 10.8 Å². The van der Waals surface area contributed by atoms with Crippen LogP contribution in [0.5, 0.6) is 0 Å². The van der Waals surface area contributed by atoms with Gasteiger partial charge in [0.1, 0.15) is 6.10 Å². The summed E-state index contributed by atoms with van der Waals surface area (Å²) < 4.78 is 4.83. The van der Waals surface area contributed by atoms with Crippen LogP contribution in [-0.4, -0.2) is 6.47 Å². The molecule has 0 aliphatic heterocycles. The van der Waals surface area contributed by atoms with Gasteiger partial charge in [-0.2, -0.15) is 0 Å². The van der Waals surface area contributed by atoms with Gasteiger partial charge in [0.2, 0.25) is 0 Å². The fourth-order valence-corrected chi connectivity index (χ4v) is 1.74. The zero-order valence-corrected chi connectivity index (χ0v) is 8.44. The highest BCUT2D eigenvalue weighted by Gasteiger charge is 2.09. The first-order chi connectivity index (χ1) is 7.33. The molecule has 0 spiro atoms. The van der Waals surface area contributed by atoms with Crippen LogP contribution in [0.1, 0.15) is 18.6 Å². The highest BCUT2D eigenvalue weighted by molar-refractivity contribution is 5.86. The summed E-state index contributed by atoms with van der Waals surface area (Å²) in [6.45, 7) is 3.32. The van der Waals surface area contributed by atoms with Crippen molar-refractivity contribution in [2.75, 3.05) is 0 Å². The molecule has 0 saturated heterocycles. The minimum Gasteiger partial charge on any atom is -0.449 e. The third kappa shape index (κ3) is 1.84. The standard InChI is InChI=1S/C13H11O2/c1-10(15-9-14)12-8-4-6-11-5-2-3-7-13(11)12/h2-8,10H,1H3. The number of hydrogen-bond donors (Lipinski definition) is 0. The van der Waals surface area contributed by atoms with Crippen molar-refractivity contribution in [1.29, 1.82) is 0 Å². The van der Waals surface area contributed by atoms with Crippen LogP contribution in [0.3, 0.4) is 0 Å². The Morgan fingerprint density at radius 3 is 2.67 bits per heavy atom. The van der Waals surface area contributed by atoms with E-state index in [9.17, 15) is 4.79 Å². The number of carbonyl (C=O) groups excluding carboxylic acids is 1. The summed E-state index contributed by atoms with van der Waals surface area (Å²) in [5.41, 5.74) is 1.01. The van der Waals surface area contributed by atoms with Crippen molar-refractivity contribution >= 4 is 17.2 Å². The van der Waals surface area contributed by atoms with Gasteiger partial charge in [0.25, 0.3) is 0 Å². The topological polar surface area (TPSA) is 26.3 Å². The Balaban J connectivity index is 2.55. The van der Waals surface area contributed by atoms with Crippen LogP contribution in [0.2, 0.25) is 0 Å². The molecule has 2 rings (SSSR count). The summed E-state index contributed by atoms with van der Waals surface area (Å²) in [5, 5.41) is 2.26. The Morgan fingerprint density at radius 1 is 1.13 bits per heavy atom. The van der Waals surface area contributed by atoms with Gasteiger partial charge in [-0.15, -0.1) is 0 Å². The lowest BCUT2D eigenvalue weighted by Gasteiger charge is -2.11. The third-order valence-electron chi connectivity index (χ3n) is 2.49. The molecule has 2 aromatic rings. The monoisotopic (exact) mass is 199 g/mol. The second-order valence-corrected chi connectivity index (χ2v) is 3.41. The van der Waals surface area contributed by atoms with E-state index in [-0.39, 0.29) is 6.10 Å². The molecule has 1 unspecified atom stereocenters. The SMILES string of the molecule is CC(O[C]=O)c1cccc2ccccc12. The van der Waals surface area contributed by atoms with Gasteiger partial charge in [-0.3, -0.25) is 0 Å². The zero-order valence-electron chi connectivity index (χ0n) is 8.44. The van der Waals surface area contributed by atoms with Gasteiger partial charge in [0, 0.05) is 0 Å². The Labute approximate surface area is 88.5 Å². The van der Waals surface area contributed by atoms with Gasteiger partial charge in [0.15, 0.2) is 0 Å². The predicted molar refractivity (Wildman–Crippen MR) is 59.1 cm³/mol. The Hall–Kier alpha value is -1.83. The molecule has 1 radical (unpaired) electrons. The number of benzene rings is 2. The second kappa shape index (κ2) is 4.13. The highest BCUT2D eigenvalue weighted by Crippen LogP contribution is 2.25. The van der Waals surface area contributed by atoms with Gasteiger partial charge < -0.3 is 4.74 Å². The van der Waals surface area contributed by atoms with Crippen LogP contribution >= 0.6 is 0 Å². The molecule has 0 bridgehead atoms. The maximum absolute atomic E-state index is 10.2. The van der Waals surface area contributed by atoms with Gasteiger partial charge in [-0.1, -0.05) is 42.5 Å². The lowest BCUT2D eigenvalue weighted by molar-refractivity contribution is 0.199. The molecule has 0 saturated carbocycles. The molecule has 0 aromatic heterocycles. The first-order valence-corrected chi connectivity index (χ1v) is 4.83. The third-order valence-corrected chi connectivity index (χ3v) is 2.49. The Morgan fingerprint density at radius 2 is 1.87 bits per heavy atom. The van der Waals surface area contributed by atoms with E-state index in [1.807, 2.05) is 49.4 Å². The quantitative estimate of drug-likeness (QED) is 0.759. The van der Waals surface area contributed by atoms with Crippen LogP contribution in [-0.2, 0) is 9.53 Å². The average Bonchev–Trinajstić information content (AvgIpc) is 2.28. The van der Waals surface area contributed by atoms with Crippen molar-refractivity contribution in [2.24, 2.45) is 0 Å². The van der Waals surface area contributed by atoms with Gasteiger partial charge in [-0.25, -0.2) is 4.79 Å². The summed E-state index contributed by atoms with van der Waals surface area (Å²) in [4.78, 5) is 10.2. The number of rotatable bonds is 3. The van der Waals surface area contributed by atoms with Gasteiger partial charge in [0.05, 0.1) is 0 Å². The van der Waals surface area contributed by atoms with Crippen molar-refractivity contribution in [3.8, 4) is 0 Å². The summed E-state index contributed by atoms with van der Waals surface area (Å²) in [7, 11) is 0. The lowest BCUT2D eigenvalue weighted by atomic mass is 10.0. The number of fused-ring (bicyclic) bond motifs is 1. The maximum atomic E-state index is 10.2. The first kappa shape index (κ1) is 9.71. The predicted octanol–water partition coefficient (Wildman–Crippen LogP) is 2.98. The zero-order chi connectivity index (χ0) is 10.7. The van der Waals surface area contributed by atoms with Crippen molar-refractivity contribution in [3.05, 3.63) is 48.0 Å². The van der Waals surface area contributed by atoms with Crippen molar-refractivity contribution in [1.82, 2.24) is 0 Å². The summed E-state index contributed by atoms with van der Waals surface area (Å²) in [6.07, 6.45) is -0.256. The second-order valence-electron chi connectivity index (χ2n) is 3.41. The largest absolute Gasteiger partial charge is 0.449 e. The van der Waals surface area contributed by atoms with Crippen LogP contribution in [0, 0.1) is 0 Å². The molecule has 0 heterocycles. The summed E-state index contributed by atoms with van der Waals surface area (Å²) in [6, 6.07) is 14.0. The fourth-order valence-electron chi connectivity index (χ4n) is 1.74. The lowest BCUT2D eigenvalue weighted by Crippen LogP contribution is -1.98. The van der Waals surface area contributed by atoms with Crippen molar-refractivity contribution in [3.63, 3.8) is 0 Å². The molecule has 0 amide bonds. The van der Waals surface area contributed by atoms with Gasteiger partial charge in [-0.05, 0) is 23.3 Å². The molecule has 2 heteroatoms. The maximum Gasteiger partial charge on any atom is 0.418 e. The molecule has 0 fully saturated rings. The van der Waals surface area contributed by atoms with Crippen LogP contribution in [0.15, 0.2) is 42.5 Å². The molecule has 1 atom stereocenters. The average molecular weight is 199 g/mol. The van der Waals surface area contributed by atoms with E-state index >= 15 is 0 Å². The van der Waals surface area contributed by atoms with E-state index in [0.29, 0.717) is 0 Å². The van der Waals surface area contributed by atoms with Crippen molar-refractivity contribution in [2.45, 2.75) is 13.0 Å². The molecule has 75 valence electrons. The summed E-state index contributed by atoms with van der Waals surface area (Å²) >= 11 is 0. The molecule has 2 nitrogen and oxygen atoms in total. The first-order valence-electron chi connectivity index (χ1n) is 4.83. The highest BCUT2D eigenvalue weighted by atomic mass is 16.5. The van der Waals surface area contributed by atoms with E-state index in [4.69, 9.17) is 4.74 Å².